The fourth-order valence-corrected chi connectivity index (χ4v) is 4.22. The van der Waals surface area contributed by atoms with Crippen LogP contribution in [0.5, 0.6) is 5.75 Å². The van der Waals surface area contributed by atoms with Gasteiger partial charge in [-0.05, 0) is 22.6 Å². The molecule has 134 valence electrons. The number of phenols is 1. The molecule has 0 aliphatic heterocycles. The maximum Gasteiger partial charge on any atom is 0.266 e. The lowest BCUT2D eigenvalue weighted by Gasteiger charge is -2.14. The van der Waals surface area contributed by atoms with Gasteiger partial charge in [0.1, 0.15) is 15.5 Å². The van der Waals surface area contributed by atoms with Gasteiger partial charge in [0.05, 0.1) is 10.5 Å². The van der Waals surface area contributed by atoms with Crippen LogP contribution in [0.3, 0.4) is 0 Å². The SMILES string of the molecule is Cl.NCc1ccc(-c2c(O)c(Cl)c(Cl)c3[nH]c(=O)c4sccc4c23)cc1. The summed E-state index contributed by atoms with van der Waals surface area (Å²) in [4.78, 5) is 15.1. The zero-order valence-corrected chi connectivity index (χ0v) is 16.3. The summed E-state index contributed by atoms with van der Waals surface area (Å²) in [6.07, 6.45) is 0. The summed E-state index contributed by atoms with van der Waals surface area (Å²) in [6.45, 7) is 0.427. The van der Waals surface area contributed by atoms with Gasteiger partial charge in [0.25, 0.3) is 5.56 Å². The first-order valence-electron chi connectivity index (χ1n) is 7.45. The molecule has 2 heterocycles. The topological polar surface area (TPSA) is 79.1 Å². The molecule has 4 rings (SSSR count). The predicted octanol–water partition coefficient (Wildman–Crippen LogP) is 5.30. The molecule has 2 aromatic carbocycles. The standard InChI is InChI=1S/C18H12Cl2N2O2S.ClH/c19-13-14(20)16(23)11(9-3-1-8(7-21)2-4-9)12-10-5-6-25-17(10)18(24)22-15(12)13;/h1-6,23H,7,21H2,(H,22,24);1H. The summed E-state index contributed by atoms with van der Waals surface area (Å²) in [5, 5.41) is 14.1. The van der Waals surface area contributed by atoms with Gasteiger partial charge in [-0.3, -0.25) is 4.79 Å². The highest BCUT2D eigenvalue weighted by Gasteiger charge is 2.22. The van der Waals surface area contributed by atoms with E-state index in [1.54, 1.807) is 0 Å². The molecule has 0 saturated heterocycles. The molecule has 0 amide bonds. The van der Waals surface area contributed by atoms with Crippen LogP contribution in [0, 0.1) is 0 Å². The highest BCUT2D eigenvalue weighted by atomic mass is 35.5. The van der Waals surface area contributed by atoms with Crippen LogP contribution >= 0.6 is 46.9 Å². The minimum atomic E-state index is -0.231. The van der Waals surface area contributed by atoms with Gasteiger partial charge in [-0.15, -0.1) is 23.7 Å². The first-order chi connectivity index (χ1) is 12.0. The van der Waals surface area contributed by atoms with Crippen molar-refractivity contribution in [3.05, 3.63) is 61.7 Å². The van der Waals surface area contributed by atoms with Crippen LogP contribution in [-0.4, -0.2) is 10.1 Å². The highest BCUT2D eigenvalue weighted by Crippen LogP contribution is 2.47. The molecule has 26 heavy (non-hydrogen) atoms. The van der Waals surface area contributed by atoms with Crippen molar-refractivity contribution in [3.8, 4) is 16.9 Å². The van der Waals surface area contributed by atoms with Crippen LogP contribution in [0.4, 0.5) is 0 Å². The molecule has 2 aromatic heterocycles. The Morgan fingerprint density at radius 2 is 1.81 bits per heavy atom. The van der Waals surface area contributed by atoms with E-state index in [1.165, 1.54) is 11.3 Å². The molecule has 4 N–H and O–H groups in total. The number of nitrogens with two attached hydrogens (primary N) is 1. The van der Waals surface area contributed by atoms with E-state index in [1.807, 2.05) is 35.7 Å². The Morgan fingerprint density at radius 1 is 1.12 bits per heavy atom. The molecule has 0 aliphatic carbocycles. The number of hydrogen-bond donors (Lipinski definition) is 3. The maximum atomic E-state index is 12.3. The van der Waals surface area contributed by atoms with Crippen molar-refractivity contribution in [1.29, 1.82) is 0 Å². The number of aromatic amines is 1. The number of aromatic nitrogens is 1. The molecule has 0 radical (unpaired) electrons. The second-order valence-electron chi connectivity index (χ2n) is 5.62. The Kier molecular flexibility index (Phi) is 5.19. The summed E-state index contributed by atoms with van der Waals surface area (Å²) < 4.78 is 0.574. The van der Waals surface area contributed by atoms with Crippen molar-refractivity contribution in [1.82, 2.24) is 4.98 Å². The first-order valence-corrected chi connectivity index (χ1v) is 9.09. The maximum absolute atomic E-state index is 12.3. The summed E-state index contributed by atoms with van der Waals surface area (Å²) >= 11 is 13.9. The van der Waals surface area contributed by atoms with Crippen molar-refractivity contribution < 1.29 is 5.11 Å². The zero-order chi connectivity index (χ0) is 17.7. The smallest absolute Gasteiger partial charge is 0.266 e. The largest absolute Gasteiger partial charge is 0.506 e. The average Bonchev–Trinajstić information content (AvgIpc) is 3.12. The number of pyridine rings is 1. The Bertz CT molecular complexity index is 1180. The molecular formula is C18H13Cl3N2O2S. The predicted molar refractivity (Wildman–Crippen MR) is 112 cm³/mol. The van der Waals surface area contributed by atoms with E-state index >= 15 is 0 Å². The molecule has 0 spiro atoms. The number of rotatable bonds is 2. The van der Waals surface area contributed by atoms with Gasteiger partial charge in [-0.1, -0.05) is 47.5 Å². The number of aromatic hydroxyl groups is 1. The van der Waals surface area contributed by atoms with E-state index in [9.17, 15) is 9.90 Å². The molecule has 0 bridgehead atoms. The minimum Gasteiger partial charge on any atom is -0.506 e. The molecule has 4 nitrogen and oxygen atoms in total. The van der Waals surface area contributed by atoms with Gasteiger partial charge < -0.3 is 15.8 Å². The van der Waals surface area contributed by atoms with Crippen LogP contribution in [0.25, 0.3) is 32.1 Å². The molecule has 8 heteroatoms. The molecule has 0 saturated carbocycles. The number of hydrogen-bond acceptors (Lipinski definition) is 4. The van der Waals surface area contributed by atoms with Crippen LogP contribution in [0.2, 0.25) is 10.0 Å². The summed E-state index contributed by atoms with van der Waals surface area (Å²) in [5.41, 5.74) is 8.11. The second kappa shape index (κ2) is 7.10. The van der Waals surface area contributed by atoms with Gasteiger partial charge in [-0.25, -0.2) is 0 Å². The second-order valence-corrected chi connectivity index (χ2v) is 7.29. The number of fused-ring (bicyclic) bond motifs is 3. The van der Waals surface area contributed by atoms with Crippen molar-refractivity contribution in [2.24, 2.45) is 5.73 Å². The van der Waals surface area contributed by atoms with E-state index in [-0.39, 0.29) is 33.8 Å². The number of phenolic OH excluding ortho intramolecular Hbond substituents is 1. The molecular weight excluding hydrogens is 415 g/mol. The molecule has 0 fully saturated rings. The molecule has 0 aliphatic rings. The van der Waals surface area contributed by atoms with Gasteiger partial charge in [0.2, 0.25) is 0 Å². The van der Waals surface area contributed by atoms with Crippen molar-refractivity contribution >= 4 is 67.9 Å². The summed E-state index contributed by atoms with van der Waals surface area (Å²) in [5.74, 6) is -0.112. The highest BCUT2D eigenvalue weighted by molar-refractivity contribution is 7.17. The zero-order valence-electron chi connectivity index (χ0n) is 13.2. The number of H-pyrrole nitrogens is 1. The van der Waals surface area contributed by atoms with Crippen LogP contribution < -0.4 is 11.3 Å². The van der Waals surface area contributed by atoms with E-state index in [0.717, 1.165) is 16.5 Å². The Labute approximate surface area is 168 Å². The Balaban J connectivity index is 0.00000196. The number of benzene rings is 2. The van der Waals surface area contributed by atoms with E-state index < -0.39 is 0 Å². The molecule has 4 aromatic rings. The normalized spacial score (nSPS) is 11.0. The summed E-state index contributed by atoms with van der Waals surface area (Å²) in [7, 11) is 0. The van der Waals surface area contributed by atoms with Crippen molar-refractivity contribution in [2.45, 2.75) is 6.54 Å². The van der Waals surface area contributed by atoms with Gasteiger partial charge in [0, 0.05) is 22.9 Å². The molecule has 0 unspecified atom stereocenters. The van der Waals surface area contributed by atoms with Gasteiger partial charge >= 0.3 is 0 Å². The quantitative estimate of drug-likeness (QED) is 0.406. The third-order valence-corrected chi connectivity index (χ3v) is 5.97. The van der Waals surface area contributed by atoms with E-state index in [4.69, 9.17) is 28.9 Å². The lowest BCUT2D eigenvalue weighted by Crippen LogP contribution is -2.05. The number of halogens is 3. The molecule has 0 atom stereocenters. The fourth-order valence-electron chi connectivity index (χ4n) is 3.00. The van der Waals surface area contributed by atoms with Crippen molar-refractivity contribution in [3.63, 3.8) is 0 Å². The van der Waals surface area contributed by atoms with Gasteiger partial charge in [-0.2, -0.15) is 0 Å². The lowest BCUT2D eigenvalue weighted by atomic mass is 9.96. The lowest BCUT2D eigenvalue weighted by molar-refractivity contribution is 0.478. The number of thiophene rings is 1. The van der Waals surface area contributed by atoms with Gasteiger partial charge in [0.15, 0.2) is 0 Å². The van der Waals surface area contributed by atoms with Crippen LogP contribution in [0.1, 0.15) is 5.56 Å². The third kappa shape index (κ3) is 2.76. The van der Waals surface area contributed by atoms with Crippen molar-refractivity contribution in [2.75, 3.05) is 0 Å². The van der Waals surface area contributed by atoms with Crippen LogP contribution in [-0.2, 0) is 6.54 Å². The Morgan fingerprint density at radius 3 is 2.46 bits per heavy atom. The first kappa shape index (κ1) is 19.0. The van der Waals surface area contributed by atoms with E-state index in [0.29, 0.717) is 27.7 Å². The minimum absolute atomic E-state index is 0. The van der Waals surface area contributed by atoms with E-state index in [2.05, 4.69) is 4.98 Å². The third-order valence-electron chi connectivity index (χ3n) is 4.21. The monoisotopic (exact) mass is 426 g/mol. The summed E-state index contributed by atoms with van der Waals surface area (Å²) in [6, 6.07) is 9.35. The average molecular weight is 428 g/mol. The fraction of sp³-hybridized carbons (Fsp3) is 0.0556. The Hall–Kier alpha value is -1.76. The number of nitrogens with one attached hydrogen (secondary N) is 1. The van der Waals surface area contributed by atoms with Crippen LogP contribution in [0.15, 0.2) is 40.5 Å².